The fraction of sp³-hybridized carbons (Fsp3) is 0.385. The van der Waals surface area contributed by atoms with Crippen LogP contribution in [0.4, 0.5) is 10.5 Å². The van der Waals surface area contributed by atoms with E-state index < -0.39 is 0 Å². The van der Waals surface area contributed by atoms with Crippen LogP contribution in [0.25, 0.3) is 0 Å². The molecule has 0 saturated heterocycles. The molecule has 1 aromatic rings. The van der Waals surface area contributed by atoms with Gasteiger partial charge >= 0.3 is 12.0 Å². The third-order valence-electron chi connectivity index (χ3n) is 2.13. The van der Waals surface area contributed by atoms with E-state index in [0.717, 1.165) is 5.56 Å². The molecule has 0 heterocycles. The van der Waals surface area contributed by atoms with Gasteiger partial charge in [0.25, 0.3) is 0 Å². The largest absolute Gasteiger partial charge is 0.463 e. The number of carbonyl (C=O) groups excluding carboxylic acids is 2. The molecule has 2 N–H and O–H groups in total. The van der Waals surface area contributed by atoms with Crippen LogP contribution in [0.15, 0.2) is 24.3 Å². The molecule has 0 aromatic heterocycles. The second-order valence-corrected chi connectivity index (χ2v) is 4.12. The second kappa shape index (κ2) is 6.64. The first-order chi connectivity index (χ1) is 8.51. The Morgan fingerprint density at radius 3 is 2.67 bits per heavy atom. The van der Waals surface area contributed by atoms with Crippen LogP contribution in [0.5, 0.6) is 0 Å². The average Bonchev–Trinajstić information content (AvgIpc) is 2.28. The van der Waals surface area contributed by atoms with Crippen LogP contribution >= 0.6 is 0 Å². The predicted octanol–water partition coefficient (Wildman–Crippen LogP) is 1.93. The molecular formula is C13H18N2O3. The standard InChI is InChI=1S/C13H18N2O3/c1-9(2)18-12(16)8-10-5-4-6-11(7-10)15-13(17)14-3/h4-7,9H,8H2,1-3H3,(H2,14,15,17). The molecule has 0 spiro atoms. The van der Waals surface area contributed by atoms with E-state index in [-0.39, 0.29) is 24.5 Å². The Bertz CT molecular complexity index is 430. The minimum Gasteiger partial charge on any atom is -0.463 e. The molecule has 98 valence electrons. The Morgan fingerprint density at radius 1 is 1.33 bits per heavy atom. The average molecular weight is 250 g/mol. The molecule has 0 fully saturated rings. The maximum absolute atomic E-state index is 11.5. The van der Waals surface area contributed by atoms with Gasteiger partial charge in [-0.2, -0.15) is 0 Å². The molecule has 0 atom stereocenters. The quantitative estimate of drug-likeness (QED) is 0.802. The molecule has 0 aliphatic heterocycles. The van der Waals surface area contributed by atoms with Crippen LogP contribution in [-0.2, 0) is 16.0 Å². The number of nitrogens with one attached hydrogen (secondary N) is 2. The lowest BCUT2D eigenvalue weighted by atomic mass is 10.1. The van der Waals surface area contributed by atoms with Crippen molar-refractivity contribution in [2.45, 2.75) is 26.4 Å². The minimum atomic E-state index is -0.295. The van der Waals surface area contributed by atoms with Gasteiger partial charge in [-0.15, -0.1) is 0 Å². The molecule has 1 rings (SSSR count). The summed E-state index contributed by atoms with van der Waals surface area (Å²) in [6, 6.07) is 6.81. The molecule has 0 saturated carbocycles. The fourth-order valence-electron chi connectivity index (χ4n) is 1.42. The second-order valence-electron chi connectivity index (χ2n) is 4.12. The highest BCUT2D eigenvalue weighted by atomic mass is 16.5. The molecule has 0 unspecified atom stereocenters. The summed E-state index contributed by atoms with van der Waals surface area (Å²) in [5, 5.41) is 5.10. The lowest BCUT2D eigenvalue weighted by Crippen LogP contribution is -2.24. The van der Waals surface area contributed by atoms with Crippen molar-refractivity contribution in [3.8, 4) is 0 Å². The molecule has 0 aliphatic carbocycles. The Kier molecular flexibility index (Phi) is 5.17. The number of esters is 1. The van der Waals surface area contributed by atoms with Gasteiger partial charge in [-0.1, -0.05) is 12.1 Å². The monoisotopic (exact) mass is 250 g/mol. The van der Waals surface area contributed by atoms with Crippen LogP contribution in [0.2, 0.25) is 0 Å². The van der Waals surface area contributed by atoms with Crippen LogP contribution < -0.4 is 10.6 Å². The summed E-state index contributed by atoms with van der Waals surface area (Å²) in [5.74, 6) is -0.276. The van der Waals surface area contributed by atoms with E-state index in [1.807, 2.05) is 19.9 Å². The SMILES string of the molecule is CNC(=O)Nc1cccc(CC(=O)OC(C)C)c1. The van der Waals surface area contributed by atoms with E-state index >= 15 is 0 Å². The normalized spacial score (nSPS) is 10.0. The highest BCUT2D eigenvalue weighted by molar-refractivity contribution is 5.89. The third kappa shape index (κ3) is 4.86. The molecule has 1 aromatic carbocycles. The molecular weight excluding hydrogens is 232 g/mol. The Balaban J connectivity index is 2.64. The summed E-state index contributed by atoms with van der Waals surface area (Å²) in [5.41, 5.74) is 1.44. The highest BCUT2D eigenvalue weighted by Crippen LogP contribution is 2.11. The maximum atomic E-state index is 11.5. The van der Waals surface area contributed by atoms with Gasteiger partial charge in [0.15, 0.2) is 0 Å². The number of hydrogen-bond acceptors (Lipinski definition) is 3. The van der Waals surface area contributed by atoms with Gasteiger partial charge in [-0.05, 0) is 31.5 Å². The summed E-state index contributed by atoms with van der Waals surface area (Å²) in [4.78, 5) is 22.6. The Labute approximate surface area is 107 Å². The van der Waals surface area contributed by atoms with Crippen LogP contribution in [0.1, 0.15) is 19.4 Å². The van der Waals surface area contributed by atoms with Crippen molar-refractivity contribution in [3.63, 3.8) is 0 Å². The van der Waals surface area contributed by atoms with E-state index in [9.17, 15) is 9.59 Å². The van der Waals surface area contributed by atoms with Crippen molar-refractivity contribution in [2.24, 2.45) is 0 Å². The summed E-state index contributed by atoms with van der Waals surface area (Å²) in [6.07, 6.45) is 0.0752. The zero-order valence-electron chi connectivity index (χ0n) is 10.8. The summed E-state index contributed by atoms with van der Waals surface area (Å²) in [7, 11) is 1.54. The van der Waals surface area contributed by atoms with Crippen LogP contribution in [0.3, 0.4) is 0 Å². The van der Waals surface area contributed by atoms with Gasteiger partial charge in [-0.25, -0.2) is 4.79 Å². The number of urea groups is 1. The van der Waals surface area contributed by atoms with E-state index in [2.05, 4.69) is 10.6 Å². The number of benzene rings is 1. The number of carbonyl (C=O) groups is 2. The first-order valence-corrected chi connectivity index (χ1v) is 5.78. The topological polar surface area (TPSA) is 67.4 Å². The number of ether oxygens (including phenoxy) is 1. The molecule has 0 radical (unpaired) electrons. The van der Waals surface area contributed by atoms with E-state index in [4.69, 9.17) is 4.74 Å². The molecule has 5 nitrogen and oxygen atoms in total. The maximum Gasteiger partial charge on any atom is 0.318 e. The van der Waals surface area contributed by atoms with E-state index in [1.165, 1.54) is 0 Å². The first-order valence-electron chi connectivity index (χ1n) is 5.78. The van der Waals surface area contributed by atoms with Gasteiger partial charge in [0, 0.05) is 12.7 Å². The van der Waals surface area contributed by atoms with Gasteiger partial charge in [0.05, 0.1) is 12.5 Å². The molecule has 0 aliphatic rings. The summed E-state index contributed by atoms with van der Waals surface area (Å²) < 4.78 is 5.06. The smallest absolute Gasteiger partial charge is 0.318 e. The molecule has 2 amide bonds. The lowest BCUT2D eigenvalue weighted by molar-refractivity contribution is -0.146. The van der Waals surface area contributed by atoms with Gasteiger partial charge in [0.2, 0.25) is 0 Å². The van der Waals surface area contributed by atoms with Crippen molar-refractivity contribution < 1.29 is 14.3 Å². The van der Waals surface area contributed by atoms with Crippen molar-refractivity contribution in [1.29, 1.82) is 0 Å². The fourth-order valence-corrected chi connectivity index (χ4v) is 1.42. The molecule has 5 heteroatoms. The van der Waals surface area contributed by atoms with E-state index in [0.29, 0.717) is 5.69 Å². The minimum absolute atomic E-state index is 0.121. The van der Waals surface area contributed by atoms with Gasteiger partial charge < -0.3 is 15.4 Å². The highest BCUT2D eigenvalue weighted by Gasteiger charge is 2.07. The van der Waals surface area contributed by atoms with Crippen LogP contribution in [0, 0.1) is 0 Å². The van der Waals surface area contributed by atoms with Crippen molar-refractivity contribution in [3.05, 3.63) is 29.8 Å². The predicted molar refractivity (Wildman–Crippen MR) is 69.5 cm³/mol. The number of anilines is 1. The number of amides is 2. The lowest BCUT2D eigenvalue weighted by Gasteiger charge is -2.09. The summed E-state index contributed by atoms with van der Waals surface area (Å²) in [6.45, 7) is 3.61. The molecule has 0 bridgehead atoms. The van der Waals surface area contributed by atoms with E-state index in [1.54, 1.807) is 25.2 Å². The number of rotatable bonds is 4. The zero-order chi connectivity index (χ0) is 13.5. The van der Waals surface area contributed by atoms with Crippen molar-refractivity contribution in [1.82, 2.24) is 5.32 Å². The van der Waals surface area contributed by atoms with Crippen LogP contribution in [-0.4, -0.2) is 25.2 Å². The zero-order valence-corrected chi connectivity index (χ0v) is 10.8. The Morgan fingerprint density at radius 2 is 2.06 bits per heavy atom. The summed E-state index contributed by atoms with van der Waals surface area (Å²) >= 11 is 0. The number of hydrogen-bond donors (Lipinski definition) is 2. The first kappa shape index (κ1) is 14.0. The third-order valence-corrected chi connectivity index (χ3v) is 2.13. The van der Waals surface area contributed by atoms with Gasteiger partial charge in [0.1, 0.15) is 0 Å². The Hall–Kier alpha value is -2.04. The van der Waals surface area contributed by atoms with Gasteiger partial charge in [-0.3, -0.25) is 4.79 Å². The van der Waals surface area contributed by atoms with Crippen molar-refractivity contribution in [2.75, 3.05) is 12.4 Å². The van der Waals surface area contributed by atoms with Crippen molar-refractivity contribution >= 4 is 17.7 Å². The molecule has 18 heavy (non-hydrogen) atoms.